The molecule has 1 aliphatic heterocycles. The van der Waals surface area contributed by atoms with E-state index in [1.807, 2.05) is 0 Å². The van der Waals surface area contributed by atoms with Gasteiger partial charge in [0.25, 0.3) is 0 Å². The average molecular weight is 366 g/mol. The Bertz CT molecular complexity index is 583. The zero-order valence-corrected chi connectivity index (χ0v) is 14.1. The predicted molar refractivity (Wildman–Crippen MR) is 85.4 cm³/mol. The number of esters is 1. The number of rotatable bonds is 3. The van der Waals surface area contributed by atoms with Gasteiger partial charge in [-0.3, -0.25) is 9.79 Å². The van der Waals surface area contributed by atoms with E-state index in [1.165, 1.54) is 0 Å². The fraction of sp³-hybridized carbons (Fsp3) is 0.714. The minimum absolute atomic E-state index is 0.105. The molecule has 2 saturated carbocycles. The standard InChI is InChI=1S/C14H17F3N2O2S2/c1-2-21-9(20)6-19-12-10(11(18)14(15,16)17)7-5-8(7)13(12)22-3-4-23-13/h7-8H,2-6,18H2,1H3/b11-10-,19-12?. The molecule has 3 fully saturated rings. The summed E-state index contributed by atoms with van der Waals surface area (Å²) in [6.45, 7) is 1.63. The molecule has 1 heterocycles. The molecule has 3 rings (SSSR count). The fourth-order valence-electron chi connectivity index (χ4n) is 3.28. The number of allylic oxidation sites excluding steroid dienone is 2. The van der Waals surface area contributed by atoms with Gasteiger partial charge < -0.3 is 10.5 Å². The number of ether oxygens (including phenoxy) is 1. The van der Waals surface area contributed by atoms with Crippen molar-refractivity contribution in [2.45, 2.75) is 23.6 Å². The Hall–Kier alpha value is -0.830. The number of halogens is 3. The van der Waals surface area contributed by atoms with Crippen LogP contribution in [0.2, 0.25) is 0 Å². The number of fused-ring (bicyclic) bond motifs is 2. The Balaban J connectivity index is 1.99. The molecule has 0 bridgehead atoms. The number of hydrogen-bond acceptors (Lipinski definition) is 6. The molecular formula is C14H17F3N2O2S2. The first-order valence-electron chi connectivity index (χ1n) is 7.37. The third-order valence-electron chi connectivity index (χ3n) is 4.22. The molecule has 2 unspecified atom stereocenters. The number of carbonyl (C=O) groups excluding carboxylic acids is 1. The van der Waals surface area contributed by atoms with Gasteiger partial charge in [0.1, 0.15) is 16.3 Å². The molecule has 4 nitrogen and oxygen atoms in total. The lowest BCUT2D eigenvalue weighted by Crippen LogP contribution is -2.33. The number of hydrogen-bond donors (Lipinski definition) is 1. The van der Waals surface area contributed by atoms with Crippen LogP contribution in [0.5, 0.6) is 0 Å². The predicted octanol–water partition coefficient (Wildman–Crippen LogP) is 2.59. The van der Waals surface area contributed by atoms with Crippen molar-refractivity contribution in [2.75, 3.05) is 24.7 Å². The van der Waals surface area contributed by atoms with Gasteiger partial charge in [0.2, 0.25) is 0 Å². The lowest BCUT2D eigenvalue weighted by molar-refractivity contribution is -0.141. The smallest absolute Gasteiger partial charge is 0.431 e. The van der Waals surface area contributed by atoms with E-state index in [1.54, 1.807) is 30.4 Å². The number of carbonyl (C=O) groups is 1. The van der Waals surface area contributed by atoms with Crippen LogP contribution < -0.4 is 5.73 Å². The maximum Gasteiger partial charge on any atom is 0.431 e. The number of aliphatic imine (C=N–C) groups is 1. The van der Waals surface area contributed by atoms with E-state index in [-0.39, 0.29) is 30.6 Å². The SMILES string of the molecule is CCOC(=O)CN=C1/C(=C(\N)C(F)(F)F)C2CC2C12SCCS2. The van der Waals surface area contributed by atoms with Crippen molar-refractivity contribution in [3.8, 4) is 0 Å². The van der Waals surface area contributed by atoms with E-state index < -0.39 is 21.9 Å². The van der Waals surface area contributed by atoms with Crippen molar-refractivity contribution < 1.29 is 22.7 Å². The Morgan fingerprint density at radius 1 is 1.43 bits per heavy atom. The summed E-state index contributed by atoms with van der Waals surface area (Å²) in [6, 6.07) is 0. The summed E-state index contributed by atoms with van der Waals surface area (Å²) >= 11 is 3.26. The van der Waals surface area contributed by atoms with Crippen LogP contribution >= 0.6 is 23.5 Å². The van der Waals surface area contributed by atoms with Crippen LogP contribution in [-0.4, -0.2) is 46.6 Å². The number of thioether (sulfide) groups is 2. The zero-order chi connectivity index (χ0) is 16.8. The molecule has 2 aliphatic carbocycles. The molecule has 0 amide bonds. The Labute approximate surface area is 140 Å². The van der Waals surface area contributed by atoms with Gasteiger partial charge in [-0.15, -0.1) is 23.5 Å². The quantitative estimate of drug-likeness (QED) is 0.778. The maximum atomic E-state index is 13.1. The first-order chi connectivity index (χ1) is 10.8. The Kier molecular flexibility index (Phi) is 4.37. The fourth-order valence-corrected chi connectivity index (χ4v) is 6.96. The highest BCUT2D eigenvalue weighted by molar-refractivity contribution is 8.22. The first-order valence-corrected chi connectivity index (χ1v) is 9.34. The summed E-state index contributed by atoms with van der Waals surface area (Å²) in [7, 11) is 0. The van der Waals surface area contributed by atoms with Gasteiger partial charge in [0.05, 0.1) is 12.3 Å². The van der Waals surface area contributed by atoms with Gasteiger partial charge in [-0.25, -0.2) is 0 Å². The van der Waals surface area contributed by atoms with E-state index in [4.69, 9.17) is 10.5 Å². The second kappa shape index (κ2) is 5.91. The molecule has 0 aromatic heterocycles. The van der Waals surface area contributed by atoms with Crippen LogP contribution in [0.25, 0.3) is 0 Å². The van der Waals surface area contributed by atoms with Gasteiger partial charge in [0.15, 0.2) is 0 Å². The number of nitrogens with zero attached hydrogens (tertiary/aromatic N) is 1. The molecule has 1 saturated heterocycles. The average Bonchev–Trinajstić information content (AvgIpc) is 3.04. The molecule has 0 aromatic carbocycles. The molecule has 0 radical (unpaired) electrons. The molecular weight excluding hydrogens is 349 g/mol. The number of alkyl halides is 3. The van der Waals surface area contributed by atoms with Crippen molar-refractivity contribution in [3.05, 3.63) is 11.3 Å². The van der Waals surface area contributed by atoms with Gasteiger partial charge in [-0.2, -0.15) is 13.2 Å². The van der Waals surface area contributed by atoms with Crippen LogP contribution in [-0.2, 0) is 9.53 Å². The van der Waals surface area contributed by atoms with Crippen molar-refractivity contribution in [3.63, 3.8) is 0 Å². The van der Waals surface area contributed by atoms with Gasteiger partial charge in [-0.05, 0) is 25.2 Å². The second-order valence-corrected chi connectivity index (χ2v) is 8.55. The molecule has 3 aliphatic rings. The largest absolute Gasteiger partial charge is 0.465 e. The molecule has 128 valence electrons. The monoisotopic (exact) mass is 366 g/mol. The summed E-state index contributed by atoms with van der Waals surface area (Å²) in [5, 5.41) is 0. The van der Waals surface area contributed by atoms with Crippen LogP contribution in [0.3, 0.4) is 0 Å². The summed E-state index contributed by atoms with van der Waals surface area (Å²) in [6.07, 6.45) is -3.86. The first kappa shape index (κ1) is 17.0. The summed E-state index contributed by atoms with van der Waals surface area (Å²) in [5.41, 5.74) is 4.82. The topological polar surface area (TPSA) is 64.7 Å². The summed E-state index contributed by atoms with van der Waals surface area (Å²) < 4.78 is 43.7. The lowest BCUT2D eigenvalue weighted by Gasteiger charge is -2.26. The van der Waals surface area contributed by atoms with Gasteiger partial charge in [-0.1, -0.05) is 0 Å². The molecule has 23 heavy (non-hydrogen) atoms. The van der Waals surface area contributed by atoms with E-state index in [0.29, 0.717) is 12.1 Å². The highest BCUT2D eigenvalue weighted by Crippen LogP contribution is 2.70. The summed E-state index contributed by atoms with van der Waals surface area (Å²) in [4.78, 5) is 15.8. The molecule has 0 aromatic rings. The van der Waals surface area contributed by atoms with Crippen molar-refractivity contribution in [2.24, 2.45) is 22.6 Å². The minimum Gasteiger partial charge on any atom is -0.465 e. The van der Waals surface area contributed by atoms with Crippen LogP contribution in [0.4, 0.5) is 13.2 Å². The van der Waals surface area contributed by atoms with Crippen LogP contribution in [0.1, 0.15) is 13.3 Å². The Morgan fingerprint density at radius 3 is 2.65 bits per heavy atom. The van der Waals surface area contributed by atoms with Crippen molar-refractivity contribution in [1.29, 1.82) is 0 Å². The van der Waals surface area contributed by atoms with Crippen LogP contribution in [0.15, 0.2) is 16.3 Å². The lowest BCUT2D eigenvalue weighted by atomic mass is 10.1. The molecule has 2 N–H and O–H groups in total. The van der Waals surface area contributed by atoms with E-state index in [9.17, 15) is 18.0 Å². The van der Waals surface area contributed by atoms with Crippen LogP contribution in [0, 0.1) is 11.8 Å². The van der Waals surface area contributed by atoms with Crippen molar-refractivity contribution in [1.82, 2.24) is 0 Å². The highest BCUT2D eigenvalue weighted by atomic mass is 32.2. The third-order valence-corrected chi connectivity index (χ3v) is 7.85. The minimum atomic E-state index is -4.58. The van der Waals surface area contributed by atoms with E-state index in [2.05, 4.69) is 4.99 Å². The normalized spacial score (nSPS) is 32.3. The van der Waals surface area contributed by atoms with Crippen molar-refractivity contribution >= 4 is 35.2 Å². The summed E-state index contributed by atoms with van der Waals surface area (Å²) in [5.74, 6) is 1.15. The van der Waals surface area contributed by atoms with E-state index >= 15 is 0 Å². The Morgan fingerprint density at radius 2 is 2.09 bits per heavy atom. The van der Waals surface area contributed by atoms with Gasteiger partial charge in [0, 0.05) is 17.1 Å². The van der Waals surface area contributed by atoms with Gasteiger partial charge >= 0.3 is 12.1 Å². The zero-order valence-electron chi connectivity index (χ0n) is 12.5. The third kappa shape index (κ3) is 2.86. The molecule has 9 heteroatoms. The van der Waals surface area contributed by atoms with E-state index in [0.717, 1.165) is 11.5 Å². The molecule has 2 atom stereocenters. The highest BCUT2D eigenvalue weighted by Gasteiger charge is 2.67. The maximum absolute atomic E-state index is 13.1. The second-order valence-electron chi connectivity index (χ2n) is 5.61. The molecule has 1 spiro atoms. The number of nitrogens with two attached hydrogens (primary N) is 1.